The number of carboxylic acid groups (broad SMARTS) is 1. The van der Waals surface area contributed by atoms with E-state index in [1.165, 1.54) is 0 Å². The lowest BCUT2D eigenvalue weighted by Gasteiger charge is -2.32. The van der Waals surface area contributed by atoms with Gasteiger partial charge in [-0.3, -0.25) is 4.79 Å². The van der Waals surface area contributed by atoms with E-state index in [4.69, 9.17) is 4.74 Å². The number of amides is 2. The predicted molar refractivity (Wildman–Crippen MR) is 128 cm³/mol. The molecule has 0 aromatic heterocycles. The summed E-state index contributed by atoms with van der Waals surface area (Å²) >= 11 is 0. The molecule has 1 unspecified atom stereocenters. The molecule has 2 atom stereocenters. The Morgan fingerprint density at radius 3 is 2.06 bits per heavy atom. The molecule has 0 heterocycles. The second-order valence-corrected chi connectivity index (χ2v) is 9.60. The van der Waals surface area contributed by atoms with Crippen molar-refractivity contribution in [2.24, 2.45) is 11.8 Å². The molecule has 2 aliphatic carbocycles. The third kappa shape index (κ3) is 5.08. The molecule has 0 radical (unpaired) electrons. The summed E-state index contributed by atoms with van der Waals surface area (Å²) in [6.45, 7) is 4.00. The van der Waals surface area contributed by atoms with Crippen LogP contribution in [0, 0.1) is 11.8 Å². The van der Waals surface area contributed by atoms with Gasteiger partial charge in [0, 0.05) is 18.4 Å². The van der Waals surface area contributed by atoms with E-state index in [0.29, 0.717) is 0 Å². The van der Waals surface area contributed by atoms with Gasteiger partial charge in [0.2, 0.25) is 5.91 Å². The fraction of sp³-hybridized carbons (Fsp3) is 0.444. The Labute approximate surface area is 199 Å². The minimum Gasteiger partial charge on any atom is -0.480 e. The quantitative estimate of drug-likeness (QED) is 0.513. The van der Waals surface area contributed by atoms with Crippen molar-refractivity contribution in [3.05, 3.63) is 59.7 Å². The first-order valence-electron chi connectivity index (χ1n) is 12.0. The molecule has 1 fully saturated rings. The van der Waals surface area contributed by atoms with E-state index in [0.717, 1.165) is 41.5 Å². The van der Waals surface area contributed by atoms with Crippen molar-refractivity contribution >= 4 is 18.0 Å². The average molecular weight is 465 g/mol. The second kappa shape index (κ2) is 10.3. The van der Waals surface area contributed by atoms with Crippen molar-refractivity contribution < 1.29 is 24.2 Å². The number of carboxylic acids is 1. The van der Waals surface area contributed by atoms with Crippen LogP contribution in [-0.2, 0) is 14.3 Å². The molecule has 0 aliphatic heterocycles. The highest BCUT2D eigenvalue weighted by Crippen LogP contribution is 2.44. The molecular weight excluding hydrogens is 432 g/mol. The SMILES string of the molecule is CC(C)[C@@H](CC(=O)NC(C(=O)O)C1CCC1)NC(=O)OCC1c2ccccc2-c2ccccc21. The number of fused-ring (bicyclic) bond motifs is 3. The number of nitrogens with one attached hydrogen (secondary N) is 2. The van der Waals surface area contributed by atoms with Crippen LogP contribution >= 0.6 is 0 Å². The van der Waals surface area contributed by atoms with E-state index < -0.39 is 24.1 Å². The van der Waals surface area contributed by atoms with Gasteiger partial charge in [0.05, 0.1) is 0 Å². The van der Waals surface area contributed by atoms with Gasteiger partial charge < -0.3 is 20.5 Å². The van der Waals surface area contributed by atoms with Crippen LogP contribution in [0.1, 0.15) is 56.6 Å². The first kappa shape index (κ1) is 23.8. The van der Waals surface area contributed by atoms with Gasteiger partial charge in [-0.2, -0.15) is 0 Å². The first-order valence-corrected chi connectivity index (χ1v) is 12.0. The monoisotopic (exact) mass is 464 g/mol. The summed E-state index contributed by atoms with van der Waals surface area (Å²) in [4.78, 5) is 36.8. The maximum atomic E-state index is 12.7. The van der Waals surface area contributed by atoms with Crippen LogP contribution < -0.4 is 10.6 Å². The smallest absolute Gasteiger partial charge is 0.407 e. The van der Waals surface area contributed by atoms with E-state index >= 15 is 0 Å². The molecule has 2 aromatic rings. The van der Waals surface area contributed by atoms with Gasteiger partial charge in [0.15, 0.2) is 0 Å². The molecule has 0 bridgehead atoms. The van der Waals surface area contributed by atoms with Crippen LogP contribution in [0.15, 0.2) is 48.5 Å². The van der Waals surface area contributed by atoms with E-state index in [1.807, 2.05) is 38.1 Å². The topological polar surface area (TPSA) is 105 Å². The number of ether oxygens (including phenoxy) is 1. The van der Waals surface area contributed by atoms with Crippen molar-refractivity contribution in [1.82, 2.24) is 10.6 Å². The molecule has 180 valence electrons. The number of rotatable bonds is 9. The fourth-order valence-electron chi connectivity index (χ4n) is 4.83. The van der Waals surface area contributed by atoms with Crippen LogP contribution in [0.4, 0.5) is 4.79 Å². The van der Waals surface area contributed by atoms with Crippen LogP contribution in [0.25, 0.3) is 11.1 Å². The summed E-state index contributed by atoms with van der Waals surface area (Å²) in [5, 5.41) is 14.9. The number of aliphatic carboxylic acids is 1. The minimum absolute atomic E-state index is 0.00162. The summed E-state index contributed by atoms with van der Waals surface area (Å²) in [7, 11) is 0. The van der Waals surface area contributed by atoms with Crippen molar-refractivity contribution in [2.45, 2.75) is 57.5 Å². The normalized spacial score (nSPS) is 16.7. The van der Waals surface area contributed by atoms with Gasteiger partial charge in [0.1, 0.15) is 12.6 Å². The molecule has 3 N–H and O–H groups in total. The summed E-state index contributed by atoms with van der Waals surface area (Å²) in [6, 6.07) is 14.9. The lowest BCUT2D eigenvalue weighted by molar-refractivity contribution is -0.144. The third-order valence-corrected chi connectivity index (χ3v) is 7.06. The molecule has 0 spiro atoms. The molecule has 34 heavy (non-hydrogen) atoms. The maximum Gasteiger partial charge on any atom is 0.407 e. The van der Waals surface area contributed by atoms with Gasteiger partial charge in [-0.1, -0.05) is 68.8 Å². The Morgan fingerprint density at radius 1 is 0.971 bits per heavy atom. The van der Waals surface area contributed by atoms with E-state index in [9.17, 15) is 19.5 Å². The van der Waals surface area contributed by atoms with Crippen molar-refractivity contribution in [2.75, 3.05) is 6.61 Å². The van der Waals surface area contributed by atoms with Gasteiger partial charge in [0.25, 0.3) is 0 Å². The molecule has 2 aromatic carbocycles. The van der Waals surface area contributed by atoms with Crippen LogP contribution in [0.2, 0.25) is 0 Å². The van der Waals surface area contributed by atoms with Gasteiger partial charge in [-0.05, 0) is 46.9 Å². The zero-order valence-electron chi connectivity index (χ0n) is 19.6. The highest BCUT2D eigenvalue weighted by molar-refractivity contribution is 5.84. The molecule has 7 heteroatoms. The van der Waals surface area contributed by atoms with E-state index in [2.05, 4.69) is 34.9 Å². The number of hydrogen-bond acceptors (Lipinski definition) is 4. The van der Waals surface area contributed by atoms with Crippen LogP contribution in [0.5, 0.6) is 0 Å². The zero-order valence-corrected chi connectivity index (χ0v) is 19.6. The summed E-state index contributed by atoms with van der Waals surface area (Å²) < 4.78 is 5.61. The lowest BCUT2D eigenvalue weighted by Crippen LogP contribution is -2.50. The number of benzene rings is 2. The minimum atomic E-state index is -1.01. The second-order valence-electron chi connectivity index (χ2n) is 9.60. The Kier molecular flexibility index (Phi) is 7.20. The maximum absolute atomic E-state index is 12.7. The lowest BCUT2D eigenvalue weighted by atomic mass is 9.79. The third-order valence-electron chi connectivity index (χ3n) is 7.06. The van der Waals surface area contributed by atoms with Crippen molar-refractivity contribution in [1.29, 1.82) is 0 Å². The van der Waals surface area contributed by atoms with Gasteiger partial charge in [-0.25, -0.2) is 9.59 Å². The summed E-state index contributed by atoms with van der Waals surface area (Å²) in [5.74, 6) is -1.48. The number of carbonyl (C=O) groups is 3. The van der Waals surface area contributed by atoms with Gasteiger partial charge in [-0.15, -0.1) is 0 Å². The van der Waals surface area contributed by atoms with E-state index in [-0.39, 0.29) is 36.7 Å². The Morgan fingerprint density at radius 2 is 1.56 bits per heavy atom. The molecule has 2 aliphatic rings. The fourth-order valence-corrected chi connectivity index (χ4v) is 4.83. The largest absolute Gasteiger partial charge is 0.480 e. The van der Waals surface area contributed by atoms with Gasteiger partial charge >= 0.3 is 12.1 Å². The molecular formula is C27H32N2O5. The highest BCUT2D eigenvalue weighted by Gasteiger charge is 2.34. The van der Waals surface area contributed by atoms with Crippen molar-refractivity contribution in [3.63, 3.8) is 0 Å². The first-order chi connectivity index (χ1) is 16.3. The van der Waals surface area contributed by atoms with Crippen LogP contribution in [0.3, 0.4) is 0 Å². The molecule has 2 amide bonds. The summed E-state index contributed by atoms with van der Waals surface area (Å²) in [5.41, 5.74) is 4.57. The predicted octanol–water partition coefficient (Wildman–Crippen LogP) is 4.31. The standard InChI is InChI=1S/C27H32N2O5/c1-16(2)23(14-24(30)29-25(26(31)32)17-8-7-9-17)28-27(33)34-15-22-20-12-5-3-10-18(20)19-11-4-6-13-21(19)22/h3-6,10-13,16-17,22-23,25H,7-9,14-15H2,1-2H3,(H,28,33)(H,29,30)(H,31,32)/t23-,25?/m1/s1. The van der Waals surface area contributed by atoms with Crippen LogP contribution in [-0.4, -0.2) is 41.8 Å². The molecule has 4 rings (SSSR count). The van der Waals surface area contributed by atoms with Crippen molar-refractivity contribution in [3.8, 4) is 11.1 Å². The highest BCUT2D eigenvalue weighted by atomic mass is 16.5. The Bertz CT molecular complexity index is 1020. The number of hydrogen-bond donors (Lipinski definition) is 3. The zero-order chi connectivity index (χ0) is 24.2. The Balaban J connectivity index is 1.35. The average Bonchev–Trinajstić information content (AvgIpc) is 3.09. The van der Waals surface area contributed by atoms with E-state index in [1.54, 1.807) is 0 Å². The number of carbonyl (C=O) groups excluding carboxylic acids is 2. The molecule has 1 saturated carbocycles. The molecule has 7 nitrogen and oxygen atoms in total. The number of alkyl carbamates (subject to hydrolysis) is 1. The summed E-state index contributed by atoms with van der Waals surface area (Å²) in [6.07, 6.45) is 2.02. The molecule has 0 saturated heterocycles. The Hall–Kier alpha value is -3.35.